The molecule has 0 saturated carbocycles. The van der Waals surface area contributed by atoms with Crippen LogP contribution < -0.4 is 10.6 Å². The van der Waals surface area contributed by atoms with Gasteiger partial charge in [-0.25, -0.2) is 0 Å². The Morgan fingerprint density at radius 3 is 2.57 bits per heavy atom. The lowest BCUT2D eigenvalue weighted by molar-refractivity contribution is -0.116. The van der Waals surface area contributed by atoms with Crippen LogP contribution in [0.25, 0.3) is 10.2 Å². The average molecular weight is 419 g/mol. The van der Waals surface area contributed by atoms with E-state index in [0.29, 0.717) is 12.2 Å². The monoisotopic (exact) mass is 418 g/mol. The fourth-order valence-corrected chi connectivity index (χ4v) is 4.28. The number of benzene rings is 2. The molecule has 4 rings (SSSR count). The Kier molecular flexibility index (Phi) is 5.63. The van der Waals surface area contributed by atoms with E-state index < -0.39 is 0 Å². The molecule has 0 spiro atoms. The zero-order chi connectivity index (χ0) is 21.1. The van der Waals surface area contributed by atoms with Crippen molar-refractivity contribution < 1.29 is 9.59 Å². The zero-order valence-corrected chi connectivity index (χ0v) is 17.6. The normalized spacial score (nSPS) is 10.9. The summed E-state index contributed by atoms with van der Waals surface area (Å²) in [6, 6.07) is 17.4. The van der Waals surface area contributed by atoms with E-state index in [2.05, 4.69) is 20.8 Å². The Hall–Kier alpha value is -3.45. The second-order valence-electron chi connectivity index (χ2n) is 7.28. The number of rotatable bonds is 6. The van der Waals surface area contributed by atoms with Crippen LogP contribution in [0.4, 0.5) is 11.5 Å². The SMILES string of the molecule is Cc1cccc(NC(=O)Cc2cc3c(NC(=O)Cc4ccccc4C)[nH]nc3s2)c1. The molecule has 0 bridgehead atoms. The first kappa shape index (κ1) is 19.8. The largest absolute Gasteiger partial charge is 0.326 e. The standard InChI is InChI=1S/C23H22N4O2S/c1-14-6-5-9-17(10-14)24-21(29)13-18-12-19-22(26-27-23(19)30-18)25-20(28)11-16-8-4-3-7-15(16)2/h3-10,12H,11,13H2,1-2H3,(H,24,29)(H2,25,26,27,28). The summed E-state index contributed by atoms with van der Waals surface area (Å²) in [5, 5.41) is 13.8. The predicted molar refractivity (Wildman–Crippen MR) is 121 cm³/mol. The number of carbonyl (C=O) groups is 2. The van der Waals surface area contributed by atoms with Gasteiger partial charge in [0.15, 0.2) is 0 Å². The van der Waals surface area contributed by atoms with Crippen molar-refractivity contribution >= 4 is 44.9 Å². The number of fused-ring (bicyclic) bond motifs is 1. The third kappa shape index (κ3) is 4.58. The van der Waals surface area contributed by atoms with Gasteiger partial charge in [-0.15, -0.1) is 11.3 Å². The van der Waals surface area contributed by atoms with Crippen molar-refractivity contribution in [3.05, 3.63) is 76.2 Å². The number of hydrogen-bond donors (Lipinski definition) is 3. The van der Waals surface area contributed by atoms with Crippen LogP contribution in [-0.2, 0) is 22.4 Å². The number of carbonyl (C=O) groups excluding carboxylic acids is 2. The first-order valence-electron chi connectivity index (χ1n) is 9.65. The Bertz CT molecular complexity index is 1220. The summed E-state index contributed by atoms with van der Waals surface area (Å²) in [5.74, 6) is 0.364. The van der Waals surface area contributed by atoms with Gasteiger partial charge in [0.25, 0.3) is 0 Å². The first-order valence-corrected chi connectivity index (χ1v) is 10.5. The molecule has 0 aliphatic carbocycles. The van der Waals surface area contributed by atoms with E-state index >= 15 is 0 Å². The molecule has 0 aliphatic heterocycles. The lowest BCUT2D eigenvalue weighted by atomic mass is 10.1. The van der Waals surface area contributed by atoms with Crippen LogP contribution in [0, 0.1) is 13.8 Å². The Balaban J connectivity index is 1.42. The molecule has 4 aromatic rings. The van der Waals surface area contributed by atoms with Crippen molar-refractivity contribution in [2.45, 2.75) is 26.7 Å². The number of aromatic nitrogens is 2. The highest BCUT2D eigenvalue weighted by Gasteiger charge is 2.15. The van der Waals surface area contributed by atoms with Gasteiger partial charge >= 0.3 is 0 Å². The van der Waals surface area contributed by atoms with E-state index in [1.54, 1.807) is 0 Å². The number of anilines is 2. The van der Waals surface area contributed by atoms with E-state index in [-0.39, 0.29) is 18.2 Å². The minimum absolute atomic E-state index is 0.0846. The molecule has 6 nitrogen and oxygen atoms in total. The highest BCUT2D eigenvalue weighted by atomic mass is 32.1. The Morgan fingerprint density at radius 1 is 0.967 bits per heavy atom. The number of aryl methyl sites for hydroxylation is 2. The summed E-state index contributed by atoms with van der Waals surface area (Å²) in [5.41, 5.74) is 3.95. The molecule has 2 heterocycles. The maximum Gasteiger partial charge on any atom is 0.229 e. The molecule has 0 atom stereocenters. The van der Waals surface area contributed by atoms with Crippen molar-refractivity contribution in [3.63, 3.8) is 0 Å². The number of nitrogens with one attached hydrogen (secondary N) is 3. The van der Waals surface area contributed by atoms with Crippen LogP contribution in [-0.4, -0.2) is 22.0 Å². The summed E-state index contributed by atoms with van der Waals surface area (Å²) < 4.78 is 0. The molecule has 0 saturated heterocycles. The fourth-order valence-electron chi connectivity index (χ4n) is 3.29. The molecule has 3 N–H and O–H groups in total. The highest BCUT2D eigenvalue weighted by molar-refractivity contribution is 7.18. The molecule has 2 aromatic heterocycles. The van der Waals surface area contributed by atoms with Crippen molar-refractivity contribution in [1.29, 1.82) is 0 Å². The number of H-pyrrole nitrogens is 1. The van der Waals surface area contributed by atoms with Gasteiger partial charge in [-0.3, -0.25) is 14.7 Å². The number of thiophene rings is 1. The molecule has 2 aromatic carbocycles. The summed E-state index contributed by atoms with van der Waals surface area (Å²) in [6.45, 7) is 3.97. The summed E-state index contributed by atoms with van der Waals surface area (Å²) >= 11 is 1.44. The van der Waals surface area contributed by atoms with E-state index in [1.165, 1.54) is 11.3 Å². The van der Waals surface area contributed by atoms with Gasteiger partial charge < -0.3 is 10.6 Å². The number of amides is 2. The topological polar surface area (TPSA) is 86.9 Å². The molecule has 0 fully saturated rings. The minimum atomic E-state index is -0.111. The highest BCUT2D eigenvalue weighted by Crippen LogP contribution is 2.30. The Morgan fingerprint density at radius 2 is 1.77 bits per heavy atom. The van der Waals surface area contributed by atoms with Gasteiger partial charge in [0.2, 0.25) is 11.8 Å². The maximum absolute atomic E-state index is 12.5. The second kappa shape index (κ2) is 8.51. The van der Waals surface area contributed by atoms with Crippen LogP contribution in [0.5, 0.6) is 0 Å². The smallest absolute Gasteiger partial charge is 0.229 e. The van der Waals surface area contributed by atoms with E-state index in [0.717, 1.165) is 37.5 Å². The molecule has 0 unspecified atom stereocenters. The van der Waals surface area contributed by atoms with Crippen LogP contribution in [0.2, 0.25) is 0 Å². The van der Waals surface area contributed by atoms with Crippen LogP contribution in [0.1, 0.15) is 21.6 Å². The van der Waals surface area contributed by atoms with Gasteiger partial charge in [0.1, 0.15) is 10.6 Å². The molecular weight excluding hydrogens is 396 g/mol. The van der Waals surface area contributed by atoms with Gasteiger partial charge in [-0.1, -0.05) is 36.4 Å². The first-order chi connectivity index (χ1) is 14.5. The van der Waals surface area contributed by atoms with Crippen molar-refractivity contribution in [1.82, 2.24) is 10.2 Å². The fraction of sp³-hybridized carbons (Fsp3) is 0.174. The van der Waals surface area contributed by atoms with Crippen LogP contribution in [0.15, 0.2) is 54.6 Å². The van der Waals surface area contributed by atoms with Gasteiger partial charge in [-0.05, 0) is 48.7 Å². The molecule has 2 amide bonds. The molecule has 152 valence electrons. The average Bonchev–Trinajstić information content (AvgIpc) is 3.25. The quantitative estimate of drug-likeness (QED) is 0.428. The number of aromatic amines is 1. The lowest BCUT2D eigenvalue weighted by Gasteiger charge is -2.06. The van der Waals surface area contributed by atoms with Gasteiger partial charge in [0.05, 0.1) is 18.2 Å². The van der Waals surface area contributed by atoms with E-state index in [9.17, 15) is 9.59 Å². The van der Waals surface area contributed by atoms with Crippen LogP contribution in [0.3, 0.4) is 0 Å². The third-order valence-electron chi connectivity index (χ3n) is 4.82. The molecule has 0 aliphatic rings. The number of nitrogens with zero attached hydrogens (tertiary/aromatic N) is 1. The molecule has 30 heavy (non-hydrogen) atoms. The van der Waals surface area contributed by atoms with Crippen molar-refractivity contribution in [3.8, 4) is 0 Å². The van der Waals surface area contributed by atoms with Crippen molar-refractivity contribution in [2.75, 3.05) is 10.6 Å². The maximum atomic E-state index is 12.5. The lowest BCUT2D eigenvalue weighted by Crippen LogP contribution is -2.15. The predicted octanol–water partition coefficient (Wildman–Crippen LogP) is 4.60. The van der Waals surface area contributed by atoms with E-state index in [4.69, 9.17) is 0 Å². The van der Waals surface area contributed by atoms with Crippen LogP contribution >= 0.6 is 11.3 Å². The molecular formula is C23H22N4O2S. The van der Waals surface area contributed by atoms with E-state index in [1.807, 2.05) is 68.4 Å². The summed E-state index contributed by atoms with van der Waals surface area (Å²) in [4.78, 5) is 26.5. The Labute approximate surface area is 178 Å². The van der Waals surface area contributed by atoms with Gasteiger partial charge in [0, 0.05) is 10.6 Å². The van der Waals surface area contributed by atoms with Gasteiger partial charge in [-0.2, -0.15) is 5.10 Å². The molecule has 7 heteroatoms. The summed E-state index contributed by atoms with van der Waals surface area (Å²) in [6.07, 6.45) is 0.550. The second-order valence-corrected chi connectivity index (χ2v) is 8.39. The minimum Gasteiger partial charge on any atom is -0.326 e. The molecule has 0 radical (unpaired) electrons. The van der Waals surface area contributed by atoms with Crippen molar-refractivity contribution in [2.24, 2.45) is 0 Å². The zero-order valence-electron chi connectivity index (χ0n) is 16.8. The summed E-state index contributed by atoms with van der Waals surface area (Å²) in [7, 11) is 0. The third-order valence-corrected chi connectivity index (χ3v) is 5.84. The number of hydrogen-bond acceptors (Lipinski definition) is 4.